The van der Waals surface area contributed by atoms with Gasteiger partial charge in [0.1, 0.15) is 5.01 Å². The standard InChI is InChI=1S/C13H21N3O3S/c1-9(2)5-10(6-12(17)18)7-15-13(19)16-8-11-14-3-4-20-11/h3-4,9-10H,5-8H2,1-2H3,(H,17,18)(H2,15,16,19)/t10-/m0/s1. The Bertz CT molecular complexity index is 421. The average molecular weight is 299 g/mol. The van der Waals surface area contributed by atoms with Gasteiger partial charge in [-0.1, -0.05) is 13.8 Å². The quantitative estimate of drug-likeness (QED) is 0.685. The van der Waals surface area contributed by atoms with E-state index in [1.807, 2.05) is 19.2 Å². The fourth-order valence-electron chi connectivity index (χ4n) is 1.95. The van der Waals surface area contributed by atoms with Crippen LogP contribution in [0.3, 0.4) is 0 Å². The summed E-state index contributed by atoms with van der Waals surface area (Å²) in [7, 11) is 0. The lowest BCUT2D eigenvalue weighted by Crippen LogP contribution is -2.38. The maximum absolute atomic E-state index is 11.6. The lowest BCUT2D eigenvalue weighted by atomic mass is 9.94. The molecule has 1 aromatic rings. The number of aromatic nitrogens is 1. The normalized spacial score (nSPS) is 12.2. The molecule has 0 saturated heterocycles. The number of thiazole rings is 1. The lowest BCUT2D eigenvalue weighted by molar-refractivity contribution is -0.138. The molecular weight excluding hydrogens is 278 g/mol. The van der Waals surface area contributed by atoms with Gasteiger partial charge in [-0.3, -0.25) is 4.79 Å². The Labute approximate surface area is 122 Å². The van der Waals surface area contributed by atoms with E-state index in [4.69, 9.17) is 5.11 Å². The van der Waals surface area contributed by atoms with Crippen molar-refractivity contribution in [2.24, 2.45) is 11.8 Å². The summed E-state index contributed by atoms with van der Waals surface area (Å²) in [6, 6.07) is -0.292. The number of carbonyl (C=O) groups is 2. The fraction of sp³-hybridized carbons (Fsp3) is 0.615. The molecule has 3 N–H and O–H groups in total. The Morgan fingerprint density at radius 3 is 2.70 bits per heavy atom. The van der Waals surface area contributed by atoms with Gasteiger partial charge < -0.3 is 15.7 Å². The molecule has 0 radical (unpaired) electrons. The third kappa shape index (κ3) is 7.08. The summed E-state index contributed by atoms with van der Waals surface area (Å²) in [5.41, 5.74) is 0. The van der Waals surface area contributed by atoms with Crippen LogP contribution in [0.2, 0.25) is 0 Å². The largest absolute Gasteiger partial charge is 0.481 e. The van der Waals surface area contributed by atoms with Gasteiger partial charge in [-0.25, -0.2) is 9.78 Å². The maximum Gasteiger partial charge on any atom is 0.315 e. The van der Waals surface area contributed by atoms with Gasteiger partial charge in [0.25, 0.3) is 0 Å². The van der Waals surface area contributed by atoms with Crippen LogP contribution in [-0.2, 0) is 11.3 Å². The summed E-state index contributed by atoms with van der Waals surface area (Å²) in [6.45, 7) is 4.83. The smallest absolute Gasteiger partial charge is 0.315 e. The number of urea groups is 1. The number of aliphatic carboxylic acids is 1. The molecule has 0 spiro atoms. The van der Waals surface area contributed by atoms with Crippen LogP contribution in [0.1, 0.15) is 31.7 Å². The van der Waals surface area contributed by atoms with Crippen molar-refractivity contribution in [2.45, 2.75) is 33.2 Å². The van der Waals surface area contributed by atoms with Gasteiger partial charge in [0.2, 0.25) is 0 Å². The van der Waals surface area contributed by atoms with E-state index < -0.39 is 5.97 Å². The fourth-order valence-corrected chi connectivity index (χ4v) is 2.50. The van der Waals surface area contributed by atoms with Gasteiger partial charge in [-0.05, 0) is 18.3 Å². The monoisotopic (exact) mass is 299 g/mol. The molecule has 0 unspecified atom stereocenters. The summed E-state index contributed by atoms with van der Waals surface area (Å²) in [5, 5.41) is 17.0. The molecule has 112 valence electrons. The number of nitrogens with one attached hydrogen (secondary N) is 2. The van der Waals surface area contributed by atoms with Crippen LogP contribution >= 0.6 is 11.3 Å². The van der Waals surface area contributed by atoms with E-state index in [2.05, 4.69) is 15.6 Å². The van der Waals surface area contributed by atoms with Gasteiger partial charge in [-0.2, -0.15) is 0 Å². The van der Waals surface area contributed by atoms with Crippen molar-refractivity contribution in [3.63, 3.8) is 0 Å². The van der Waals surface area contributed by atoms with E-state index in [0.29, 0.717) is 19.0 Å². The van der Waals surface area contributed by atoms with E-state index in [9.17, 15) is 9.59 Å². The second-order valence-corrected chi connectivity index (χ2v) is 6.06. The zero-order valence-corrected chi connectivity index (χ0v) is 12.6. The van der Waals surface area contributed by atoms with Gasteiger partial charge in [0.15, 0.2) is 0 Å². The lowest BCUT2D eigenvalue weighted by Gasteiger charge is -2.17. The summed E-state index contributed by atoms with van der Waals surface area (Å²) in [5.74, 6) is -0.474. The maximum atomic E-state index is 11.6. The van der Waals surface area contributed by atoms with Gasteiger partial charge in [0, 0.05) is 24.5 Å². The molecule has 2 amide bonds. The first-order chi connectivity index (χ1) is 9.47. The predicted octanol–water partition coefficient (Wildman–Crippen LogP) is 2.08. The number of hydrogen-bond donors (Lipinski definition) is 3. The van der Waals surface area contributed by atoms with Crippen LogP contribution in [0.5, 0.6) is 0 Å². The first kappa shape index (κ1) is 16.4. The number of carboxylic acids is 1. The van der Waals surface area contributed by atoms with Crippen molar-refractivity contribution in [1.29, 1.82) is 0 Å². The molecule has 0 bridgehead atoms. The summed E-state index contributed by atoms with van der Waals surface area (Å²) >= 11 is 1.47. The first-order valence-electron chi connectivity index (χ1n) is 6.59. The Balaban J connectivity index is 2.30. The van der Waals surface area contributed by atoms with E-state index in [-0.39, 0.29) is 18.4 Å². The van der Waals surface area contributed by atoms with Crippen LogP contribution < -0.4 is 10.6 Å². The highest BCUT2D eigenvalue weighted by Crippen LogP contribution is 2.14. The summed E-state index contributed by atoms with van der Waals surface area (Å²) < 4.78 is 0. The van der Waals surface area contributed by atoms with Gasteiger partial charge in [0.05, 0.1) is 6.54 Å². The highest BCUT2D eigenvalue weighted by atomic mass is 32.1. The van der Waals surface area contributed by atoms with Crippen molar-refractivity contribution in [3.05, 3.63) is 16.6 Å². The Morgan fingerprint density at radius 1 is 1.40 bits per heavy atom. The van der Waals surface area contributed by atoms with Crippen LogP contribution in [0, 0.1) is 11.8 Å². The van der Waals surface area contributed by atoms with Gasteiger partial charge >= 0.3 is 12.0 Å². The van der Waals surface area contributed by atoms with E-state index in [1.165, 1.54) is 11.3 Å². The molecule has 6 nitrogen and oxygen atoms in total. The van der Waals surface area contributed by atoms with Crippen LogP contribution in [-0.4, -0.2) is 28.6 Å². The third-order valence-electron chi connectivity index (χ3n) is 2.70. The van der Waals surface area contributed by atoms with Crippen molar-refractivity contribution < 1.29 is 14.7 Å². The second kappa shape index (κ2) is 8.52. The minimum atomic E-state index is -0.833. The molecule has 1 heterocycles. The molecular formula is C13H21N3O3S. The number of carboxylic acid groups (broad SMARTS) is 1. The van der Waals surface area contributed by atoms with Crippen molar-refractivity contribution >= 4 is 23.3 Å². The topological polar surface area (TPSA) is 91.3 Å². The molecule has 1 atom stereocenters. The molecule has 0 aromatic carbocycles. The Morgan fingerprint density at radius 2 is 2.15 bits per heavy atom. The van der Waals surface area contributed by atoms with E-state index in [0.717, 1.165) is 11.4 Å². The molecule has 0 aliphatic carbocycles. The van der Waals surface area contributed by atoms with Crippen LogP contribution in [0.4, 0.5) is 4.79 Å². The van der Waals surface area contributed by atoms with E-state index in [1.54, 1.807) is 6.20 Å². The number of hydrogen-bond acceptors (Lipinski definition) is 4. The molecule has 20 heavy (non-hydrogen) atoms. The zero-order valence-electron chi connectivity index (χ0n) is 11.8. The van der Waals surface area contributed by atoms with Crippen molar-refractivity contribution in [1.82, 2.24) is 15.6 Å². The molecule has 1 rings (SSSR count). The number of rotatable bonds is 8. The van der Waals surface area contributed by atoms with Crippen LogP contribution in [0.15, 0.2) is 11.6 Å². The van der Waals surface area contributed by atoms with Crippen molar-refractivity contribution in [2.75, 3.05) is 6.54 Å². The minimum Gasteiger partial charge on any atom is -0.481 e. The Hall–Kier alpha value is -1.63. The van der Waals surface area contributed by atoms with Crippen LogP contribution in [0.25, 0.3) is 0 Å². The molecule has 0 saturated carbocycles. The SMILES string of the molecule is CC(C)C[C@H](CNC(=O)NCc1nccs1)CC(=O)O. The van der Waals surface area contributed by atoms with E-state index >= 15 is 0 Å². The number of amides is 2. The minimum absolute atomic E-state index is 0.0434. The second-order valence-electron chi connectivity index (χ2n) is 5.08. The molecule has 0 aliphatic heterocycles. The van der Waals surface area contributed by atoms with Crippen molar-refractivity contribution in [3.8, 4) is 0 Å². The average Bonchev–Trinajstić information content (AvgIpc) is 2.85. The molecule has 1 aromatic heterocycles. The number of carbonyl (C=O) groups excluding carboxylic acids is 1. The predicted molar refractivity (Wildman–Crippen MR) is 77.6 cm³/mol. The number of nitrogens with zero attached hydrogens (tertiary/aromatic N) is 1. The highest BCUT2D eigenvalue weighted by molar-refractivity contribution is 7.09. The van der Waals surface area contributed by atoms with Gasteiger partial charge in [-0.15, -0.1) is 11.3 Å². The molecule has 0 fully saturated rings. The zero-order chi connectivity index (χ0) is 15.0. The Kier molecular flexibility index (Phi) is 7.00. The first-order valence-corrected chi connectivity index (χ1v) is 7.47. The summed E-state index contributed by atoms with van der Waals surface area (Å²) in [6.07, 6.45) is 2.54. The molecule has 7 heteroatoms. The highest BCUT2D eigenvalue weighted by Gasteiger charge is 2.16. The summed E-state index contributed by atoms with van der Waals surface area (Å²) in [4.78, 5) is 26.5. The molecule has 0 aliphatic rings. The third-order valence-corrected chi connectivity index (χ3v) is 3.48.